The minimum absolute atomic E-state index is 0.581. The van der Waals surface area contributed by atoms with Crippen LogP contribution < -0.4 is 5.73 Å². The van der Waals surface area contributed by atoms with E-state index in [9.17, 15) is 0 Å². The second-order valence-electron chi connectivity index (χ2n) is 5.17. The SMILES string of the molecule is CSCCC(CN)N(C)C1CCCCC1C. The lowest BCUT2D eigenvalue weighted by Crippen LogP contribution is -2.48. The summed E-state index contributed by atoms with van der Waals surface area (Å²) in [5, 5.41) is 0. The van der Waals surface area contributed by atoms with Crippen LogP contribution in [0.3, 0.4) is 0 Å². The molecule has 1 saturated carbocycles. The Morgan fingerprint density at radius 3 is 2.62 bits per heavy atom. The molecule has 1 aliphatic carbocycles. The van der Waals surface area contributed by atoms with Crippen molar-refractivity contribution in [3.63, 3.8) is 0 Å². The fourth-order valence-electron chi connectivity index (χ4n) is 2.91. The van der Waals surface area contributed by atoms with E-state index < -0.39 is 0 Å². The zero-order valence-electron chi connectivity index (χ0n) is 11.1. The van der Waals surface area contributed by atoms with Crippen molar-refractivity contribution < 1.29 is 0 Å². The highest BCUT2D eigenvalue weighted by atomic mass is 32.2. The highest BCUT2D eigenvalue weighted by molar-refractivity contribution is 7.98. The Morgan fingerprint density at radius 2 is 2.06 bits per heavy atom. The summed E-state index contributed by atoms with van der Waals surface area (Å²) in [5.74, 6) is 2.08. The van der Waals surface area contributed by atoms with Gasteiger partial charge in [0.25, 0.3) is 0 Å². The molecule has 0 radical (unpaired) electrons. The number of hydrogen-bond acceptors (Lipinski definition) is 3. The molecule has 0 heterocycles. The monoisotopic (exact) mass is 244 g/mol. The molecular formula is C13H28N2S. The van der Waals surface area contributed by atoms with E-state index in [1.165, 1.54) is 37.9 Å². The molecule has 0 aromatic heterocycles. The van der Waals surface area contributed by atoms with E-state index in [1.54, 1.807) is 0 Å². The molecule has 0 amide bonds. The molecule has 0 aromatic carbocycles. The van der Waals surface area contributed by atoms with E-state index in [0.29, 0.717) is 6.04 Å². The van der Waals surface area contributed by atoms with Gasteiger partial charge < -0.3 is 5.73 Å². The molecule has 0 saturated heterocycles. The first-order valence-corrected chi connectivity index (χ1v) is 8.01. The van der Waals surface area contributed by atoms with Gasteiger partial charge in [0.1, 0.15) is 0 Å². The molecular weight excluding hydrogens is 216 g/mol. The zero-order valence-corrected chi connectivity index (χ0v) is 11.9. The van der Waals surface area contributed by atoms with E-state index in [2.05, 4.69) is 25.1 Å². The molecule has 96 valence electrons. The van der Waals surface area contributed by atoms with Crippen LogP contribution in [0.2, 0.25) is 0 Å². The lowest BCUT2D eigenvalue weighted by molar-refractivity contribution is 0.0978. The van der Waals surface area contributed by atoms with Crippen molar-refractivity contribution in [2.45, 2.75) is 51.1 Å². The van der Waals surface area contributed by atoms with E-state index in [1.807, 2.05) is 11.8 Å². The van der Waals surface area contributed by atoms with E-state index in [0.717, 1.165) is 18.5 Å². The van der Waals surface area contributed by atoms with Crippen molar-refractivity contribution in [1.29, 1.82) is 0 Å². The van der Waals surface area contributed by atoms with Crippen LogP contribution in [0, 0.1) is 5.92 Å². The third-order valence-corrected chi connectivity index (χ3v) is 4.74. The van der Waals surface area contributed by atoms with Gasteiger partial charge in [0, 0.05) is 18.6 Å². The minimum atomic E-state index is 0.581. The van der Waals surface area contributed by atoms with Crippen molar-refractivity contribution in [3.05, 3.63) is 0 Å². The van der Waals surface area contributed by atoms with Crippen molar-refractivity contribution in [3.8, 4) is 0 Å². The largest absolute Gasteiger partial charge is 0.329 e. The second kappa shape index (κ2) is 7.57. The average Bonchev–Trinajstić information content (AvgIpc) is 2.30. The van der Waals surface area contributed by atoms with Gasteiger partial charge in [-0.2, -0.15) is 11.8 Å². The molecule has 1 rings (SSSR count). The summed E-state index contributed by atoms with van der Waals surface area (Å²) < 4.78 is 0. The van der Waals surface area contributed by atoms with Gasteiger partial charge in [0.15, 0.2) is 0 Å². The number of nitrogens with zero attached hydrogens (tertiary/aromatic N) is 1. The fraction of sp³-hybridized carbons (Fsp3) is 1.00. The number of thioether (sulfide) groups is 1. The third kappa shape index (κ3) is 3.94. The van der Waals surface area contributed by atoms with Gasteiger partial charge in [-0.1, -0.05) is 19.8 Å². The topological polar surface area (TPSA) is 29.3 Å². The lowest BCUT2D eigenvalue weighted by atomic mass is 9.84. The van der Waals surface area contributed by atoms with E-state index >= 15 is 0 Å². The number of nitrogens with two attached hydrogens (primary N) is 1. The molecule has 3 unspecified atom stereocenters. The quantitative estimate of drug-likeness (QED) is 0.779. The summed E-state index contributed by atoms with van der Waals surface area (Å²) in [4.78, 5) is 2.57. The van der Waals surface area contributed by atoms with Crippen LogP contribution >= 0.6 is 11.8 Å². The summed E-state index contributed by atoms with van der Waals surface area (Å²) in [6.07, 6.45) is 9.00. The first kappa shape index (κ1) is 14.3. The Labute approximate surface area is 105 Å². The van der Waals surface area contributed by atoms with Crippen LogP contribution in [0.25, 0.3) is 0 Å². The number of rotatable bonds is 6. The van der Waals surface area contributed by atoms with Gasteiger partial charge in [-0.15, -0.1) is 0 Å². The molecule has 2 N–H and O–H groups in total. The highest BCUT2D eigenvalue weighted by Crippen LogP contribution is 2.28. The Morgan fingerprint density at radius 1 is 1.38 bits per heavy atom. The summed E-state index contributed by atoms with van der Waals surface area (Å²) >= 11 is 1.93. The van der Waals surface area contributed by atoms with Gasteiger partial charge >= 0.3 is 0 Å². The smallest absolute Gasteiger partial charge is 0.0226 e. The molecule has 3 atom stereocenters. The number of hydrogen-bond donors (Lipinski definition) is 1. The van der Waals surface area contributed by atoms with Crippen LogP contribution in [0.4, 0.5) is 0 Å². The molecule has 0 aromatic rings. The second-order valence-corrected chi connectivity index (χ2v) is 6.15. The summed E-state index contributed by atoms with van der Waals surface area (Å²) in [6.45, 7) is 3.21. The molecule has 3 heteroatoms. The normalized spacial score (nSPS) is 28.3. The number of likely N-dealkylation sites (N-methyl/N-ethyl adjacent to an activating group) is 1. The lowest BCUT2D eigenvalue weighted by Gasteiger charge is -2.40. The van der Waals surface area contributed by atoms with Crippen molar-refractivity contribution in [1.82, 2.24) is 4.90 Å². The average molecular weight is 244 g/mol. The van der Waals surface area contributed by atoms with Gasteiger partial charge in [-0.25, -0.2) is 0 Å². The Bertz CT molecular complexity index is 187. The van der Waals surface area contributed by atoms with Gasteiger partial charge in [-0.3, -0.25) is 4.90 Å². The minimum Gasteiger partial charge on any atom is -0.329 e. The molecule has 0 spiro atoms. The van der Waals surface area contributed by atoms with E-state index in [4.69, 9.17) is 5.73 Å². The van der Waals surface area contributed by atoms with Gasteiger partial charge in [-0.05, 0) is 44.2 Å². The summed E-state index contributed by atoms with van der Waals surface area (Å²) in [7, 11) is 2.28. The van der Waals surface area contributed by atoms with Crippen LogP contribution in [0.1, 0.15) is 39.0 Å². The molecule has 0 aliphatic heterocycles. The van der Waals surface area contributed by atoms with Gasteiger partial charge in [0.2, 0.25) is 0 Å². The predicted molar refractivity (Wildman–Crippen MR) is 75.0 cm³/mol. The Balaban J connectivity index is 2.47. The van der Waals surface area contributed by atoms with Crippen LogP contribution in [0.5, 0.6) is 0 Å². The fourth-order valence-corrected chi connectivity index (χ4v) is 3.42. The van der Waals surface area contributed by atoms with Crippen molar-refractivity contribution in [2.24, 2.45) is 11.7 Å². The maximum atomic E-state index is 5.92. The van der Waals surface area contributed by atoms with Gasteiger partial charge in [0.05, 0.1) is 0 Å². The third-order valence-electron chi connectivity index (χ3n) is 4.09. The Hall–Kier alpha value is 0.270. The summed E-state index contributed by atoms with van der Waals surface area (Å²) in [5.41, 5.74) is 5.92. The van der Waals surface area contributed by atoms with Crippen LogP contribution in [0.15, 0.2) is 0 Å². The summed E-state index contributed by atoms with van der Waals surface area (Å²) in [6, 6.07) is 1.35. The van der Waals surface area contributed by atoms with Crippen LogP contribution in [-0.4, -0.2) is 42.6 Å². The Kier molecular flexibility index (Phi) is 6.78. The maximum absolute atomic E-state index is 5.92. The van der Waals surface area contributed by atoms with Crippen LogP contribution in [-0.2, 0) is 0 Å². The molecule has 1 fully saturated rings. The molecule has 16 heavy (non-hydrogen) atoms. The maximum Gasteiger partial charge on any atom is 0.0226 e. The molecule has 2 nitrogen and oxygen atoms in total. The molecule has 1 aliphatic rings. The zero-order chi connectivity index (χ0) is 12.0. The van der Waals surface area contributed by atoms with Crippen molar-refractivity contribution >= 4 is 11.8 Å². The van der Waals surface area contributed by atoms with E-state index in [-0.39, 0.29) is 0 Å². The standard InChI is InChI=1S/C13H28N2S/c1-11-6-4-5-7-13(11)15(2)12(10-14)8-9-16-3/h11-13H,4-10,14H2,1-3H3. The first-order chi connectivity index (χ1) is 7.70. The first-order valence-electron chi connectivity index (χ1n) is 6.61. The predicted octanol–water partition coefficient (Wildman–Crippen LogP) is 2.58. The van der Waals surface area contributed by atoms with Crippen molar-refractivity contribution in [2.75, 3.05) is 25.6 Å². The molecule has 0 bridgehead atoms. The highest BCUT2D eigenvalue weighted by Gasteiger charge is 2.28.